The average molecular weight is 469 g/mol. The summed E-state index contributed by atoms with van der Waals surface area (Å²) in [6, 6.07) is 5.56. The first-order chi connectivity index (χ1) is 16.3. The van der Waals surface area contributed by atoms with Crippen LogP contribution in [0.15, 0.2) is 36.8 Å². The van der Waals surface area contributed by atoms with Gasteiger partial charge in [0.2, 0.25) is 5.95 Å². The molecule has 4 rings (SSSR count). The van der Waals surface area contributed by atoms with Crippen molar-refractivity contribution in [3.63, 3.8) is 0 Å². The molecule has 1 aromatic carbocycles. The molecule has 180 valence electrons. The second-order valence-corrected chi connectivity index (χ2v) is 8.31. The van der Waals surface area contributed by atoms with Crippen LogP contribution in [0.25, 0.3) is 11.3 Å². The van der Waals surface area contributed by atoms with E-state index < -0.39 is 5.09 Å². The minimum absolute atomic E-state index is 0.125. The molecule has 12 heteroatoms. The Morgan fingerprint density at radius 2 is 2.00 bits per heavy atom. The first-order valence-corrected chi connectivity index (χ1v) is 10.9. The van der Waals surface area contributed by atoms with Crippen LogP contribution in [0.1, 0.15) is 12.8 Å². The van der Waals surface area contributed by atoms with Gasteiger partial charge in [0.15, 0.2) is 5.75 Å². The number of aryl methyl sites for hydroxylation is 1. The number of hydrogen-bond donors (Lipinski definition) is 1. The van der Waals surface area contributed by atoms with Crippen LogP contribution in [-0.2, 0) is 7.05 Å². The van der Waals surface area contributed by atoms with Crippen molar-refractivity contribution >= 4 is 17.3 Å². The smallest absolute Gasteiger partial charge is 0.299 e. The van der Waals surface area contributed by atoms with Crippen LogP contribution in [0.3, 0.4) is 0 Å². The van der Waals surface area contributed by atoms with Crippen molar-refractivity contribution in [2.45, 2.75) is 18.9 Å². The van der Waals surface area contributed by atoms with E-state index in [1.807, 2.05) is 13.2 Å². The van der Waals surface area contributed by atoms with Gasteiger partial charge in [0, 0.05) is 50.2 Å². The van der Waals surface area contributed by atoms with Gasteiger partial charge in [0.25, 0.3) is 5.09 Å². The molecule has 0 aliphatic carbocycles. The molecule has 1 aliphatic heterocycles. The molecular formula is C22H28N8O4. The van der Waals surface area contributed by atoms with E-state index in [-0.39, 0.29) is 5.75 Å². The zero-order chi connectivity index (χ0) is 24.2. The molecular weight excluding hydrogens is 440 g/mol. The number of methoxy groups -OCH3 is 1. The van der Waals surface area contributed by atoms with Crippen molar-refractivity contribution in [1.82, 2.24) is 24.6 Å². The van der Waals surface area contributed by atoms with E-state index in [1.54, 1.807) is 42.4 Å². The molecule has 0 saturated carbocycles. The Morgan fingerprint density at radius 3 is 2.62 bits per heavy atom. The van der Waals surface area contributed by atoms with Crippen LogP contribution in [-0.4, -0.2) is 70.1 Å². The number of nitrogens with one attached hydrogen (secondary N) is 1. The molecule has 3 aromatic rings. The molecule has 0 bridgehead atoms. The normalized spacial score (nSPS) is 14.3. The number of aromatic nitrogens is 4. The summed E-state index contributed by atoms with van der Waals surface area (Å²) < 4.78 is 7.28. The van der Waals surface area contributed by atoms with Gasteiger partial charge in [0.1, 0.15) is 5.75 Å². The Balaban J connectivity index is 1.64. The minimum Gasteiger partial charge on any atom is -0.494 e. The summed E-state index contributed by atoms with van der Waals surface area (Å²) in [6.07, 6.45) is 7.08. The van der Waals surface area contributed by atoms with Crippen LogP contribution in [0.2, 0.25) is 0 Å². The second kappa shape index (κ2) is 9.91. The number of hydrogen-bond acceptors (Lipinski definition) is 10. The summed E-state index contributed by atoms with van der Waals surface area (Å²) >= 11 is 0. The van der Waals surface area contributed by atoms with E-state index in [2.05, 4.69) is 44.3 Å². The van der Waals surface area contributed by atoms with Gasteiger partial charge < -0.3 is 19.9 Å². The topological polar surface area (TPSA) is 124 Å². The Hall–Kier alpha value is -3.93. The highest BCUT2D eigenvalue weighted by molar-refractivity contribution is 5.74. The van der Waals surface area contributed by atoms with Crippen molar-refractivity contribution < 1.29 is 14.7 Å². The molecule has 0 unspecified atom stereocenters. The van der Waals surface area contributed by atoms with E-state index in [0.29, 0.717) is 34.8 Å². The predicted molar refractivity (Wildman–Crippen MR) is 127 cm³/mol. The zero-order valence-corrected chi connectivity index (χ0v) is 19.6. The fourth-order valence-electron chi connectivity index (χ4n) is 4.09. The van der Waals surface area contributed by atoms with Gasteiger partial charge in [-0.2, -0.15) is 5.10 Å². The largest absolute Gasteiger partial charge is 0.494 e. The van der Waals surface area contributed by atoms with Gasteiger partial charge in [-0.3, -0.25) is 9.52 Å². The van der Waals surface area contributed by atoms with E-state index in [1.165, 1.54) is 0 Å². The van der Waals surface area contributed by atoms with Crippen molar-refractivity contribution in [3.8, 4) is 22.8 Å². The SMILES string of the molecule is COc1cc(N2CCC(N(C)C)CC2)c(O[N+](=O)[O-])cc1Nc1nccc(-c2cnn(C)c2)n1. The summed E-state index contributed by atoms with van der Waals surface area (Å²) in [5.74, 6) is 0.932. The molecule has 12 nitrogen and oxygen atoms in total. The minimum atomic E-state index is -0.804. The lowest BCUT2D eigenvalue weighted by Gasteiger charge is -2.37. The molecule has 0 atom stereocenters. The predicted octanol–water partition coefficient (Wildman–Crippen LogP) is 2.73. The van der Waals surface area contributed by atoms with Crippen LogP contribution in [0.4, 0.5) is 17.3 Å². The van der Waals surface area contributed by atoms with E-state index >= 15 is 0 Å². The van der Waals surface area contributed by atoms with E-state index in [0.717, 1.165) is 31.5 Å². The third-order valence-corrected chi connectivity index (χ3v) is 5.89. The number of rotatable bonds is 8. The van der Waals surface area contributed by atoms with Crippen LogP contribution < -0.4 is 19.8 Å². The summed E-state index contributed by atoms with van der Waals surface area (Å²) in [5, 5.41) is 17.7. The molecule has 2 aromatic heterocycles. The van der Waals surface area contributed by atoms with Gasteiger partial charge in [-0.15, -0.1) is 10.1 Å². The van der Waals surface area contributed by atoms with Crippen LogP contribution in [0.5, 0.6) is 11.5 Å². The van der Waals surface area contributed by atoms with Crippen molar-refractivity contribution in [2.75, 3.05) is 44.5 Å². The van der Waals surface area contributed by atoms with Crippen molar-refractivity contribution in [1.29, 1.82) is 0 Å². The first-order valence-electron chi connectivity index (χ1n) is 10.9. The Labute approximate surface area is 197 Å². The molecule has 1 saturated heterocycles. The number of benzene rings is 1. The number of ether oxygens (including phenoxy) is 1. The van der Waals surface area contributed by atoms with Gasteiger partial charge >= 0.3 is 0 Å². The number of nitrogens with zero attached hydrogens (tertiary/aromatic N) is 7. The van der Waals surface area contributed by atoms with Crippen LogP contribution >= 0.6 is 0 Å². The summed E-state index contributed by atoms with van der Waals surface area (Å²) in [5.41, 5.74) is 2.59. The molecule has 1 aliphatic rings. The third-order valence-electron chi connectivity index (χ3n) is 5.89. The molecule has 0 spiro atoms. The Bertz CT molecular complexity index is 1160. The summed E-state index contributed by atoms with van der Waals surface area (Å²) in [4.78, 5) is 29.3. The van der Waals surface area contributed by atoms with Gasteiger partial charge in [-0.25, -0.2) is 9.97 Å². The van der Waals surface area contributed by atoms with E-state index in [4.69, 9.17) is 9.57 Å². The maximum Gasteiger partial charge on any atom is 0.299 e. The lowest BCUT2D eigenvalue weighted by atomic mass is 10.0. The number of piperidine rings is 1. The second-order valence-electron chi connectivity index (χ2n) is 8.31. The molecule has 34 heavy (non-hydrogen) atoms. The molecule has 0 amide bonds. The standard InChI is InChI=1S/C22H28N8O4/c1-27(2)16-6-9-29(10-7-16)19-12-20(33-4)18(11-21(19)34-30(31)32)26-22-23-8-5-17(25-22)15-13-24-28(3)14-15/h5,8,11-14,16H,6-7,9-10H2,1-4H3,(H,23,25,26). The average Bonchev–Trinajstić information content (AvgIpc) is 3.25. The quantitative estimate of drug-likeness (QED) is 0.390. The zero-order valence-electron chi connectivity index (χ0n) is 19.6. The highest BCUT2D eigenvalue weighted by Gasteiger charge is 2.25. The lowest BCUT2D eigenvalue weighted by molar-refractivity contribution is -0.710. The highest BCUT2D eigenvalue weighted by atomic mass is 17.0. The highest BCUT2D eigenvalue weighted by Crippen LogP contribution is 2.40. The van der Waals surface area contributed by atoms with Gasteiger partial charge in [-0.1, -0.05) is 0 Å². The molecule has 0 radical (unpaired) electrons. The lowest BCUT2D eigenvalue weighted by Crippen LogP contribution is -2.42. The molecule has 1 fully saturated rings. The summed E-state index contributed by atoms with van der Waals surface area (Å²) in [7, 11) is 7.51. The maximum atomic E-state index is 11.2. The molecule has 3 heterocycles. The fraction of sp³-hybridized carbons (Fsp3) is 0.409. The van der Waals surface area contributed by atoms with Crippen molar-refractivity contribution in [2.24, 2.45) is 7.05 Å². The monoisotopic (exact) mass is 468 g/mol. The number of anilines is 3. The van der Waals surface area contributed by atoms with E-state index in [9.17, 15) is 10.1 Å². The Morgan fingerprint density at radius 1 is 1.24 bits per heavy atom. The fourth-order valence-corrected chi connectivity index (χ4v) is 4.09. The van der Waals surface area contributed by atoms with Gasteiger partial charge in [0.05, 0.1) is 30.4 Å². The maximum absolute atomic E-state index is 11.2. The Kier molecular flexibility index (Phi) is 6.77. The van der Waals surface area contributed by atoms with Gasteiger partial charge in [-0.05, 0) is 39.1 Å². The molecule has 1 N–H and O–H groups in total. The van der Waals surface area contributed by atoms with Crippen molar-refractivity contribution in [3.05, 3.63) is 46.9 Å². The van der Waals surface area contributed by atoms with Crippen LogP contribution in [0, 0.1) is 10.1 Å². The third kappa shape index (κ3) is 5.17. The summed E-state index contributed by atoms with van der Waals surface area (Å²) in [6.45, 7) is 1.51. The first kappa shape index (κ1) is 23.2.